The number of nitrogens with zero attached hydrogens (tertiary/aromatic N) is 1. The zero-order valence-corrected chi connectivity index (χ0v) is 27.2. The summed E-state index contributed by atoms with van der Waals surface area (Å²) in [7, 11) is 0. The molecule has 222 valence electrons. The van der Waals surface area contributed by atoms with Crippen LogP contribution in [0.4, 0.5) is 0 Å². The molecule has 2 heterocycles. The Morgan fingerprint density at radius 2 is 1.40 bits per heavy atom. The fourth-order valence-electron chi connectivity index (χ4n) is 9.27. The lowest BCUT2D eigenvalue weighted by Crippen LogP contribution is -2.15. The first kappa shape index (κ1) is 25.9. The van der Waals surface area contributed by atoms with E-state index in [-0.39, 0.29) is 5.41 Å². The van der Waals surface area contributed by atoms with E-state index < -0.39 is 0 Å². The summed E-state index contributed by atoms with van der Waals surface area (Å²) in [6, 6.07) is 43.5. The van der Waals surface area contributed by atoms with Gasteiger partial charge in [0.05, 0.1) is 15.7 Å². The summed E-state index contributed by atoms with van der Waals surface area (Å²) in [6.45, 7) is 4.87. The molecule has 2 heteroatoms. The predicted molar refractivity (Wildman–Crippen MR) is 204 cm³/mol. The minimum Gasteiger partial charge on any atom is -0.308 e. The molecular formula is C45H31NS. The molecule has 7 aromatic carbocycles. The normalized spacial score (nSPS) is 14.9. The number of para-hydroxylation sites is 1. The molecule has 2 aliphatic carbocycles. The van der Waals surface area contributed by atoms with Crippen LogP contribution >= 0.6 is 11.3 Å². The van der Waals surface area contributed by atoms with Crippen molar-refractivity contribution in [3.05, 3.63) is 144 Å². The van der Waals surface area contributed by atoms with E-state index in [1.807, 2.05) is 11.3 Å². The summed E-state index contributed by atoms with van der Waals surface area (Å²) in [5, 5.41) is 10.9. The number of allylic oxidation sites excluding steroid dienone is 1. The average Bonchev–Trinajstić information content (AvgIpc) is 3.74. The SMILES string of the molecule is CC1(C)c2ccccc2-c2c1c1c3ccccc3n(-c3ccc4c5c(c6ccccc6c4c3)CCC=C5)c1c1sc3ccccc3c21. The lowest BCUT2D eigenvalue weighted by atomic mass is 9.80. The molecule has 0 amide bonds. The van der Waals surface area contributed by atoms with Gasteiger partial charge in [0.25, 0.3) is 0 Å². The summed E-state index contributed by atoms with van der Waals surface area (Å²) in [5.74, 6) is 0. The summed E-state index contributed by atoms with van der Waals surface area (Å²) < 4.78 is 5.31. The van der Waals surface area contributed by atoms with Crippen molar-refractivity contribution in [2.75, 3.05) is 0 Å². The van der Waals surface area contributed by atoms with Crippen molar-refractivity contribution >= 4 is 80.9 Å². The monoisotopic (exact) mass is 617 g/mol. The van der Waals surface area contributed by atoms with Crippen LogP contribution in [0.3, 0.4) is 0 Å². The van der Waals surface area contributed by atoms with Crippen LogP contribution in [-0.4, -0.2) is 4.57 Å². The molecule has 0 radical (unpaired) electrons. The van der Waals surface area contributed by atoms with Crippen LogP contribution in [0.5, 0.6) is 0 Å². The van der Waals surface area contributed by atoms with E-state index in [1.165, 1.54) is 103 Å². The smallest absolute Gasteiger partial charge is 0.0723 e. The second-order valence-corrected chi connectivity index (χ2v) is 15.0. The van der Waals surface area contributed by atoms with Crippen molar-refractivity contribution in [2.45, 2.75) is 32.1 Å². The Balaban J connectivity index is 1.37. The molecule has 0 saturated carbocycles. The first-order valence-corrected chi connectivity index (χ1v) is 17.6. The molecule has 0 atom stereocenters. The van der Waals surface area contributed by atoms with Crippen LogP contribution in [0.1, 0.15) is 42.5 Å². The standard InChI is InChI=1S/C45H31NS/c1-45(2)36-20-10-7-17-32(36)39-40-34-19-9-12-22-38(34)47-44(40)43-41(42(39)45)33-18-8-11-21-37(33)46(43)26-23-24-31-29-15-4-3-13-27(29)28-14-5-6-16-30(28)35(31)25-26/h4-12,14-25H,3,13H2,1-2H3. The van der Waals surface area contributed by atoms with E-state index >= 15 is 0 Å². The molecule has 0 saturated heterocycles. The molecule has 0 N–H and O–H groups in total. The second kappa shape index (κ2) is 9.00. The van der Waals surface area contributed by atoms with Crippen LogP contribution < -0.4 is 0 Å². The van der Waals surface area contributed by atoms with Gasteiger partial charge in [-0.2, -0.15) is 0 Å². The lowest BCUT2D eigenvalue weighted by molar-refractivity contribution is 0.667. The highest BCUT2D eigenvalue weighted by Gasteiger charge is 2.40. The Kier molecular flexibility index (Phi) is 4.97. The maximum Gasteiger partial charge on any atom is 0.0723 e. The minimum absolute atomic E-state index is 0.138. The molecule has 1 nitrogen and oxygen atoms in total. The summed E-state index contributed by atoms with van der Waals surface area (Å²) in [5.41, 5.74) is 12.3. The topological polar surface area (TPSA) is 4.93 Å². The number of fused-ring (bicyclic) bond motifs is 18. The van der Waals surface area contributed by atoms with Gasteiger partial charge in [0, 0.05) is 37.3 Å². The third-order valence-electron chi connectivity index (χ3n) is 11.2. The third-order valence-corrected chi connectivity index (χ3v) is 12.4. The number of benzene rings is 7. The van der Waals surface area contributed by atoms with Crippen LogP contribution in [0.2, 0.25) is 0 Å². The van der Waals surface area contributed by atoms with Crippen molar-refractivity contribution in [2.24, 2.45) is 0 Å². The molecule has 2 aromatic heterocycles. The molecule has 0 aliphatic heterocycles. The largest absolute Gasteiger partial charge is 0.308 e. The van der Waals surface area contributed by atoms with Crippen LogP contribution in [0.15, 0.2) is 121 Å². The fourth-order valence-corrected chi connectivity index (χ4v) is 10.5. The van der Waals surface area contributed by atoms with E-state index in [0.717, 1.165) is 12.8 Å². The van der Waals surface area contributed by atoms with Crippen molar-refractivity contribution in [1.29, 1.82) is 0 Å². The molecule has 11 rings (SSSR count). The lowest BCUT2D eigenvalue weighted by Gasteiger charge is -2.23. The van der Waals surface area contributed by atoms with Crippen LogP contribution in [0, 0.1) is 0 Å². The number of aromatic nitrogens is 1. The summed E-state index contributed by atoms with van der Waals surface area (Å²) >= 11 is 1.95. The number of hydrogen-bond acceptors (Lipinski definition) is 1. The van der Waals surface area contributed by atoms with E-state index in [9.17, 15) is 0 Å². The van der Waals surface area contributed by atoms with Gasteiger partial charge in [0.1, 0.15) is 0 Å². The molecule has 0 spiro atoms. The Morgan fingerprint density at radius 1 is 0.660 bits per heavy atom. The Morgan fingerprint density at radius 3 is 2.30 bits per heavy atom. The molecule has 0 bridgehead atoms. The highest BCUT2D eigenvalue weighted by atomic mass is 32.1. The fraction of sp³-hybridized carbons (Fsp3) is 0.111. The summed E-state index contributed by atoms with van der Waals surface area (Å²) in [6.07, 6.45) is 6.91. The van der Waals surface area contributed by atoms with Crippen molar-refractivity contribution in [3.8, 4) is 16.8 Å². The van der Waals surface area contributed by atoms with E-state index in [0.29, 0.717) is 0 Å². The van der Waals surface area contributed by atoms with Crippen LogP contribution in [0.25, 0.3) is 86.4 Å². The minimum atomic E-state index is -0.138. The number of hydrogen-bond donors (Lipinski definition) is 0. The first-order chi connectivity index (χ1) is 23.1. The highest BCUT2D eigenvalue weighted by Crippen LogP contribution is 2.59. The van der Waals surface area contributed by atoms with Crippen molar-refractivity contribution in [1.82, 2.24) is 4.57 Å². The number of thiophene rings is 1. The highest BCUT2D eigenvalue weighted by molar-refractivity contribution is 7.26. The molecular weight excluding hydrogens is 587 g/mol. The van der Waals surface area contributed by atoms with Gasteiger partial charge < -0.3 is 4.57 Å². The zero-order chi connectivity index (χ0) is 31.0. The van der Waals surface area contributed by atoms with Crippen molar-refractivity contribution in [3.63, 3.8) is 0 Å². The molecule has 0 fully saturated rings. The van der Waals surface area contributed by atoms with Gasteiger partial charge in [-0.1, -0.05) is 117 Å². The van der Waals surface area contributed by atoms with E-state index in [4.69, 9.17) is 0 Å². The predicted octanol–water partition coefficient (Wildman–Crippen LogP) is 12.7. The van der Waals surface area contributed by atoms with E-state index in [1.54, 1.807) is 0 Å². The van der Waals surface area contributed by atoms with E-state index in [2.05, 4.69) is 146 Å². The Labute approximate surface area is 277 Å². The van der Waals surface area contributed by atoms with Crippen LogP contribution in [-0.2, 0) is 11.8 Å². The van der Waals surface area contributed by atoms with Gasteiger partial charge in [-0.25, -0.2) is 0 Å². The van der Waals surface area contributed by atoms with Gasteiger partial charge in [-0.3, -0.25) is 0 Å². The summed E-state index contributed by atoms with van der Waals surface area (Å²) in [4.78, 5) is 0. The maximum absolute atomic E-state index is 2.59. The van der Waals surface area contributed by atoms with Gasteiger partial charge in [-0.05, 0) is 92.0 Å². The number of aryl methyl sites for hydroxylation is 1. The first-order valence-electron chi connectivity index (χ1n) is 16.8. The quantitative estimate of drug-likeness (QED) is 0.162. The molecule has 9 aromatic rings. The van der Waals surface area contributed by atoms with Crippen molar-refractivity contribution < 1.29 is 0 Å². The molecule has 2 aliphatic rings. The van der Waals surface area contributed by atoms with Gasteiger partial charge >= 0.3 is 0 Å². The second-order valence-electron chi connectivity index (χ2n) is 13.9. The Hall–Kier alpha value is -5.18. The Bertz CT molecular complexity index is 2870. The van der Waals surface area contributed by atoms with Gasteiger partial charge in [0.2, 0.25) is 0 Å². The average molecular weight is 618 g/mol. The molecule has 47 heavy (non-hydrogen) atoms. The third kappa shape index (κ3) is 3.19. The maximum atomic E-state index is 2.59. The van der Waals surface area contributed by atoms with Gasteiger partial charge in [0.15, 0.2) is 0 Å². The zero-order valence-electron chi connectivity index (χ0n) is 26.4. The van der Waals surface area contributed by atoms with Gasteiger partial charge in [-0.15, -0.1) is 11.3 Å². The molecule has 0 unspecified atom stereocenters. The number of rotatable bonds is 1.